The lowest BCUT2D eigenvalue weighted by molar-refractivity contribution is -0.384. The Labute approximate surface area is 159 Å². The normalized spacial score (nSPS) is 10.9. The second-order valence-electron chi connectivity index (χ2n) is 5.85. The van der Waals surface area contributed by atoms with Crippen LogP contribution in [-0.4, -0.2) is 20.0 Å². The molecule has 0 radical (unpaired) electrons. The minimum absolute atomic E-state index is 0.00461. The molecule has 0 bridgehead atoms. The van der Waals surface area contributed by atoms with Crippen LogP contribution in [0.4, 0.5) is 11.4 Å². The molecule has 1 amide bonds. The Balaban J connectivity index is 2.00. The average molecular weight is 389 g/mol. The van der Waals surface area contributed by atoms with Gasteiger partial charge in [0.2, 0.25) is 0 Å². The van der Waals surface area contributed by atoms with Gasteiger partial charge >= 0.3 is 5.69 Å². The van der Waals surface area contributed by atoms with E-state index >= 15 is 0 Å². The van der Waals surface area contributed by atoms with Gasteiger partial charge in [0.05, 0.1) is 26.5 Å². The van der Waals surface area contributed by atoms with E-state index in [0.717, 1.165) is 11.6 Å². The molecule has 0 aliphatic heterocycles. The number of imidazole rings is 1. The number of nitrogens with one attached hydrogen (secondary N) is 1. The van der Waals surface area contributed by atoms with Crippen LogP contribution in [0.1, 0.15) is 24.2 Å². The van der Waals surface area contributed by atoms with Crippen molar-refractivity contribution in [3.63, 3.8) is 0 Å². The molecule has 0 spiro atoms. The molecule has 27 heavy (non-hydrogen) atoms. The molecule has 3 aromatic rings. The molecule has 0 aliphatic rings. The lowest BCUT2D eigenvalue weighted by Gasteiger charge is -2.08. The van der Waals surface area contributed by atoms with E-state index in [4.69, 9.17) is 11.6 Å². The monoisotopic (exact) mass is 388 g/mol. The number of aryl methyl sites for hydroxylation is 2. The summed E-state index contributed by atoms with van der Waals surface area (Å²) in [5.41, 5.74) is 1.61. The highest BCUT2D eigenvalue weighted by Gasteiger charge is 2.17. The Morgan fingerprint density at radius 1 is 1.11 bits per heavy atom. The van der Waals surface area contributed by atoms with Crippen molar-refractivity contribution in [3.05, 3.63) is 67.6 Å². The molecule has 0 unspecified atom stereocenters. The third-order valence-electron chi connectivity index (χ3n) is 4.31. The van der Waals surface area contributed by atoms with Gasteiger partial charge in [-0.25, -0.2) is 4.79 Å². The molecule has 0 fully saturated rings. The summed E-state index contributed by atoms with van der Waals surface area (Å²) in [6, 6.07) is 8.82. The Morgan fingerprint density at radius 2 is 1.78 bits per heavy atom. The Hall–Kier alpha value is -3.13. The van der Waals surface area contributed by atoms with Crippen LogP contribution in [0.25, 0.3) is 11.0 Å². The fourth-order valence-electron chi connectivity index (χ4n) is 3.01. The number of hydrogen-bond acceptors (Lipinski definition) is 4. The number of benzene rings is 2. The number of halogens is 1. The zero-order valence-electron chi connectivity index (χ0n) is 14.7. The lowest BCUT2D eigenvalue weighted by atomic mass is 10.1. The van der Waals surface area contributed by atoms with E-state index in [1.165, 1.54) is 12.1 Å². The van der Waals surface area contributed by atoms with Crippen molar-refractivity contribution in [3.8, 4) is 0 Å². The van der Waals surface area contributed by atoms with Gasteiger partial charge in [-0.1, -0.05) is 11.6 Å². The van der Waals surface area contributed by atoms with Gasteiger partial charge in [-0.15, -0.1) is 0 Å². The molecule has 140 valence electrons. The van der Waals surface area contributed by atoms with Crippen LogP contribution in [0.2, 0.25) is 5.02 Å². The molecule has 1 N–H and O–H groups in total. The zero-order valence-corrected chi connectivity index (χ0v) is 15.5. The number of nitro benzene ring substituents is 1. The number of amides is 1. The minimum Gasteiger partial charge on any atom is -0.322 e. The molecule has 3 rings (SSSR count). The Bertz CT molecular complexity index is 1120. The fourth-order valence-corrected chi connectivity index (χ4v) is 3.21. The maximum atomic E-state index is 12.5. The number of fused-ring (bicyclic) bond motifs is 1. The smallest absolute Gasteiger partial charge is 0.322 e. The van der Waals surface area contributed by atoms with Crippen LogP contribution in [0.3, 0.4) is 0 Å². The van der Waals surface area contributed by atoms with Crippen LogP contribution in [0, 0.1) is 10.1 Å². The lowest BCUT2D eigenvalue weighted by Crippen LogP contribution is -2.23. The average Bonchev–Trinajstić information content (AvgIpc) is 2.91. The van der Waals surface area contributed by atoms with E-state index < -0.39 is 10.8 Å². The van der Waals surface area contributed by atoms with Crippen LogP contribution in [-0.2, 0) is 13.1 Å². The first-order chi connectivity index (χ1) is 12.9. The van der Waals surface area contributed by atoms with Crippen LogP contribution >= 0.6 is 11.6 Å². The third-order valence-corrected chi connectivity index (χ3v) is 4.64. The molecule has 8 nitrogen and oxygen atoms in total. The number of carbonyl (C=O) groups excluding carboxylic acids is 1. The van der Waals surface area contributed by atoms with E-state index in [0.29, 0.717) is 24.3 Å². The second kappa shape index (κ2) is 7.24. The zero-order chi connectivity index (χ0) is 19.7. The summed E-state index contributed by atoms with van der Waals surface area (Å²) in [6.45, 7) is 4.80. The number of nitrogens with zero attached hydrogens (tertiary/aromatic N) is 3. The van der Waals surface area contributed by atoms with Crippen LogP contribution in [0.5, 0.6) is 0 Å². The van der Waals surface area contributed by atoms with Crippen molar-refractivity contribution in [2.75, 3.05) is 5.32 Å². The first-order valence-corrected chi connectivity index (χ1v) is 8.73. The number of rotatable bonds is 5. The molecule has 0 saturated heterocycles. The van der Waals surface area contributed by atoms with Crippen LogP contribution in [0.15, 0.2) is 41.2 Å². The summed E-state index contributed by atoms with van der Waals surface area (Å²) in [7, 11) is 0. The van der Waals surface area contributed by atoms with Gasteiger partial charge in [-0.05, 0) is 38.1 Å². The predicted molar refractivity (Wildman–Crippen MR) is 104 cm³/mol. The summed E-state index contributed by atoms with van der Waals surface area (Å²) in [5, 5.41) is 13.7. The summed E-state index contributed by atoms with van der Waals surface area (Å²) < 4.78 is 3.27. The summed E-state index contributed by atoms with van der Waals surface area (Å²) >= 11 is 6.02. The first-order valence-electron chi connectivity index (χ1n) is 8.35. The van der Waals surface area contributed by atoms with E-state index in [1.54, 1.807) is 27.3 Å². The van der Waals surface area contributed by atoms with Crippen LogP contribution < -0.4 is 11.0 Å². The van der Waals surface area contributed by atoms with Crippen molar-refractivity contribution in [1.29, 1.82) is 0 Å². The molecule has 9 heteroatoms. The second-order valence-corrected chi connectivity index (χ2v) is 6.26. The maximum absolute atomic E-state index is 12.5. The van der Waals surface area contributed by atoms with Gasteiger partial charge in [0.15, 0.2) is 0 Å². The molecule has 0 saturated carbocycles. The number of hydrogen-bond donors (Lipinski definition) is 1. The SMILES string of the molecule is CCn1c(=O)n(CC)c2cc(NC(=O)c3cc([N+](=O)[O-])ccc3Cl)ccc21. The molecule has 1 heterocycles. The van der Waals surface area contributed by atoms with E-state index in [1.807, 2.05) is 13.8 Å². The quantitative estimate of drug-likeness (QED) is 0.532. The Morgan fingerprint density at radius 3 is 2.41 bits per heavy atom. The van der Waals surface area contributed by atoms with E-state index in [2.05, 4.69) is 5.32 Å². The topological polar surface area (TPSA) is 99.2 Å². The van der Waals surface area contributed by atoms with Crippen molar-refractivity contribution in [1.82, 2.24) is 9.13 Å². The summed E-state index contributed by atoms with van der Waals surface area (Å²) in [5.74, 6) is -0.566. The van der Waals surface area contributed by atoms with Gasteiger partial charge in [0.1, 0.15) is 0 Å². The van der Waals surface area contributed by atoms with E-state index in [-0.39, 0.29) is 22.0 Å². The van der Waals surface area contributed by atoms with Gasteiger partial charge in [0, 0.05) is 30.9 Å². The maximum Gasteiger partial charge on any atom is 0.329 e. The van der Waals surface area contributed by atoms with Gasteiger partial charge < -0.3 is 5.32 Å². The molecular weight excluding hydrogens is 372 g/mol. The minimum atomic E-state index is -0.591. The summed E-state index contributed by atoms with van der Waals surface area (Å²) in [6.07, 6.45) is 0. The van der Waals surface area contributed by atoms with Crippen molar-refractivity contribution < 1.29 is 9.72 Å². The number of non-ortho nitro benzene ring substituents is 1. The van der Waals surface area contributed by atoms with Crippen molar-refractivity contribution in [2.24, 2.45) is 0 Å². The Kier molecular flexibility index (Phi) is 5.00. The third kappa shape index (κ3) is 3.31. The highest BCUT2D eigenvalue weighted by molar-refractivity contribution is 6.34. The largest absolute Gasteiger partial charge is 0.329 e. The number of anilines is 1. The van der Waals surface area contributed by atoms with E-state index in [9.17, 15) is 19.7 Å². The standard InChI is InChI=1S/C18H17ClN4O4/c1-3-21-15-8-5-11(9-16(15)22(4-2)18(21)25)20-17(24)13-10-12(23(26)27)6-7-14(13)19/h5-10H,3-4H2,1-2H3,(H,20,24). The molecule has 0 atom stereocenters. The summed E-state index contributed by atoms with van der Waals surface area (Å²) in [4.78, 5) is 35.3. The molecular formula is C18H17ClN4O4. The van der Waals surface area contributed by atoms with Gasteiger partial charge in [-0.2, -0.15) is 0 Å². The van der Waals surface area contributed by atoms with Crippen molar-refractivity contribution in [2.45, 2.75) is 26.9 Å². The van der Waals surface area contributed by atoms with Crippen molar-refractivity contribution >= 4 is 39.9 Å². The number of nitro groups is 1. The predicted octanol–water partition coefficient (Wildman–Crippen LogP) is 3.66. The fraction of sp³-hybridized carbons (Fsp3) is 0.222. The highest BCUT2D eigenvalue weighted by Crippen LogP contribution is 2.24. The first kappa shape index (κ1) is 18.7. The molecule has 2 aromatic carbocycles. The number of carbonyl (C=O) groups is 1. The van der Waals surface area contributed by atoms with Gasteiger partial charge in [-0.3, -0.25) is 24.0 Å². The molecule has 0 aliphatic carbocycles. The number of aromatic nitrogens is 2. The molecule has 1 aromatic heterocycles. The highest BCUT2D eigenvalue weighted by atomic mass is 35.5. The van der Waals surface area contributed by atoms with Gasteiger partial charge in [0.25, 0.3) is 11.6 Å².